The van der Waals surface area contributed by atoms with Crippen LogP contribution < -0.4 is 5.32 Å². The fourth-order valence-electron chi connectivity index (χ4n) is 2.45. The predicted octanol–water partition coefficient (Wildman–Crippen LogP) is 4.50. The molecule has 1 aliphatic carbocycles. The monoisotopic (exact) mass is 369 g/mol. The first kappa shape index (κ1) is 15.8. The molecule has 2 nitrogen and oxygen atoms in total. The van der Waals surface area contributed by atoms with Crippen LogP contribution in [0.4, 0.5) is 13.2 Å². The molecule has 0 atom stereocenters. The number of nitrogens with one attached hydrogen (secondary N) is 1. The molecule has 1 saturated carbocycles. The Morgan fingerprint density at radius 1 is 1.35 bits per heavy atom. The van der Waals surface area contributed by atoms with E-state index in [1.807, 2.05) is 11.4 Å². The highest BCUT2D eigenvalue weighted by atomic mass is 79.9. The highest BCUT2D eigenvalue weighted by molar-refractivity contribution is 9.10. The number of carbonyl (C=O) groups excluding carboxylic acids is 1. The maximum Gasteiger partial charge on any atom is 0.391 e. The first-order chi connectivity index (χ1) is 9.36. The molecule has 1 amide bonds. The van der Waals surface area contributed by atoms with Gasteiger partial charge in [-0.25, -0.2) is 0 Å². The van der Waals surface area contributed by atoms with Crippen molar-refractivity contribution < 1.29 is 18.0 Å². The van der Waals surface area contributed by atoms with Crippen LogP contribution in [0.2, 0.25) is 0 Å². The quantitative estimate of drug-likeness (QED) is 0.834. The van der Waals surface area contributed by atoms with Gasteiger partial charge in [0.25, 0.3) is 0 Å². The zero-order valence-electron chi connectivity index (χ0n) is 10.7. The van der Waals surface area contributed by atoms with Crippen molar-refractivity contribution >= 4 is 33.2 Å². The van der Waals surface area contributed by atoms with Gasteiger partial charge in [-0.05, 0) is 47.7 Å². The third-order valence-electron chi connectivity index (χ3n) is 3.62. The van der Waals surface area contributed by atoms with Gasteiger partial charge in [-0.3, -0.25) is 4.79 Å². The molecule has 0 unspecified atom stereocenters. The Hall–Kier alpha value is -0.560. The number of thiophene rings is 1. The Morgan fingerprint density at radius 3 is 2.50 bits per heavy atom. The van der Waals surface area contributed by atoms with Gasteiger partial charge in [0, 0.05) is 20.6 Å². The lowest BCUT2D eigenvalue weighted by molar-refractivity contribution is -0.184. The molecule has 1 aromatic heterocycles. The van der Waals surface area contributed by atoms with E-state index in [2.05, 4.69) is 21.2 Å². The summed E-state index contributed by atoms with van der Waals surface area (Å²) in [6.45, 7) is 0.439. The topological polar surface area (TPSA) is 29.1 Å². The smallest absolute Gasteiger partial charge is 0.351 e. The van der Waals surface area contributed by atoms with Crippen molar-refractivity contribution in [2.45, 2.75) is 38.4 Å². The van der Waals surface area contributed by atoms with Gasteiger partial charge in [-0.2, -0.15) is 13.2 Å². The van der Waals surface area contributed by atoms with Crippen LogP contribution in [0.3, 0.4) is 0 Å². The van der Waals surface area contributed by atoms with Gasteiger partial charge >= 0.3 is 6.18 Å². The zero-order chi connectivity index (χ0) is 14.8. The summed E-state index contributed by atoms with van der Waals surface area (Å²) < 4.78 is 38.6. The average Bonchev–Trinajstić information content (AvgIpc) is 2.81. The number of carbonyl (C=O) groups is 1. The first-order valence-electron chi connectivity index (χ1n) is 6.43. The van der Waals surface area contributed by atoms with Crippen molar-refractivity contribution in [3.05, 3.63) is 20.8 Å². The van der Waals surface area contributed by atoms with Gasteiger partial charge < -0.3 is 5.32 Å². The number of hydrogen-bond donors (Lipinski definition) is 1. The molecular weight excluding hydrogens is 355 g/mol. The van der Waals surface area contributed by atoms with Gasteiger partial charge in [-0.15, -0.1) is 11.3 Å². The third kappa shape index (κ3) is 4.22. The minimum Gasteiger partial charge on any atom is -0.351 e. The van der Waals surface area contributed by atoms with Crippen LogP contribution in [-0.2, 0) is 11.3 Å². The summed E-state index contributed by atoms with van der Waals surface area (Å²) >= 11 is 4.86. The Labute approximate surface area is 127 Å². The fourth-order valence-corrected chi connectivity index (χ4v) is 3.84. The highest BCUT2D eigenvalue weighted by Gasteiger charge is 2.42. The van der Waals surface area contributed by atoms with Gasteiger partial charge in [0.15, 0.2) is 0 Å². The van der Waals surface area contributed by atoms with Crippen LogP contribution in [0, 0.1) is 11.8 Å². The summed E-state index contributed by atoms with van der Waals surface area (Å²) in [6.07, 6.45) is -3.35. The van der Waals surface area contributed by atoms with E-state index < -0.39 is 12.1 Å². The van der Waals surface area contributed by atoms with E-state index in [1.165, 1.54) is 11.3 Å². The average molecular weight is 370 g/mol. The normalized spacial score (nSPS) is 23.6. The molecular formula is C13H15BrF3NOS. The molecule has 0 saturated heterocycles. The number of halogens is 4. The molecule has 20 heavy (non-hydrogen) atoms. The number of rotatable bonds is 3. The van der Waals surface area contributed by atoms with Gasteiger partial charge in [-0.1, -0.05) is 0 Å². The summed E-state index contributed by atoms with van der Waals surface area (Å²) in [5, 5.41) is 4.73. The summed E-state index contributed by atoms with van der Waals surface area (Å²) in [5.41, 5.74) is 0. The largest absolute Gasteiger partial charge is 0.391 e. The number of hydrogen-bond acceptors (Lipinski definition) is 2. The van der Waals surface area contributed by atoms with Gasteiger partial charge in [0.1, 0.15) is 0 Å². The molecule has 1 fully saturated rings. The van der Waals surface area contributed by atoms with Crippen molar-refractivity contribution in [1.29, 1.82) is 0 Å². The van der Waals surface area contributed by atoms with Crippen LogP contribution in [0.1, 0.15) is 30.6 Å². The van der Waals surface area contributed by atoms with Crippen molar-refractivity contribution in [1.82, 2.24) is 5.32 Å². The van der Waals surface area contributed by atoms with Gasteiger partial charge in [0.2, 0.25) is 5.91 Å². The van der Waals surface area contributed by atoms with E-state index in [0.717, 1.165) is 9.35 Å². The van der Waals surface area contributed by atoms with Crippen LogP contribution in [0.15, 0.2) is 15.9 Å². The molecule has 112 valence electrons. The maximum atomic E-state index is 12.5. The second kappa shape index (κ2) is 6.47. The van der Waals surface area contributed by atoms with Crippen molar-refractivity contribution in [3.8, 4) is 0 Å². The van der Waals surface area contributed by atoms with Crippen LogP contribution in [0.5, 0.6) is 0 Å². The summed E-state index contributed by atoms with van der Waals surface area (Å²) in [6, 6.07) is 1.92. The lowest BCUT2D eigenvalue weighted by Gasteiger charge is -2.29. The lowest BCUT2D eigenvalue weighted by Crippen LogP contribution is -2.35. The van der Waals surface area contributed by atoms with Crippen molar-refractivity contribution in [2.24, 2.45) is 11.8 Å². The second-order valence-corrected chi connectivity index (χ2v) is 6.95. The van der Waals surface area contributed by atoms with Crippen molar-refractivity contribution in [3.63, 3.8) is 0 Å². The predicted molar refractivity (Wildman–Crippen MR) is 75.4 cm³/mol. The molecule has 1 aliphatic rings. The highest BCUT2D eigenvalue weighted by Crippen LogP contribution is 2.39. The Bertz CT molecular complexity index is 466. The molecule has 0 aliphatic heterocycles. The first-order valence-corrected chi connectivity index (χ1v) is 8.11. The molecule has 0 spiro atoms. The number of amides is 1. The Morgan fingerprint density at radius 2 is 2.00 bits per heavy atom. The van der Waals surface area contributed by atoms with Crippen LogP contribution >= 0.6 is 27.3 Å². The second-order valence-electron chi connectivity index (χ2n) is 5.04. The third-order valence-corrected chi connectivity index (χ3v) is 5.32. The van der Waals surface area contributed by atoms with E-state index in [1.54, 1.807) is 0 Å². The van der Waals surface area contributed by atoms with E-state index in [4.69, 9.17) is 0 Å². The lowest BCUT2D eigenvalue weighted by atomic mass is 9.81. The zero-order valence-corrected chi connectivity index (χ0v) is 13.1. The van der Waals surface area contributed by atoms with Gasteiger partial charge in [0.05, 0.1) is 12.5 Å². The van der Waals surface area contributed by atoms with Crippen LogP contribution in [-0.4, -0.2) is 12.1 Å². The SMILES string of the molecule is O=C(NCc1cc(Br)cs1)C1CCC(C(F)(F)F)CC1. The molecule has 2 rings (SSSR count). The minimum atomic E-state index is -4.12. The summed E-state index contributed by atoms with van der Waals surface area (Å²) in [5.74, 6) is -1.65. The van der Waals surface area contributed by atoms with E-state index in [9.17, 15) is 18.0 Å². The van der Waals surface area contributed by atoms with E-state index in [-0.39, 0.29) is 24.7 Å². The molecule has 1 aromatic rings. The molecule has 0 aromatic carbocycles. The van der Waals surface area contributed by atoms with Crippen LogP contribution in [0.25, 0.3) is 0 Å². The summed E-state index contributed by atoms with van der Waals surface area (Å²) in [4.78, 5) is 13.0. The molecule has 0 radical (unpaired) electrons. The van der Waals surface area contributed by atoms with E-state index in [0.29, 0.717) is 19.4 Å². The van der Waals surface area contributed by atoms with E-state index >= 15 is 0 Å². The summed E-state index contributed by atoms with van der Waals surface area (Å²) in [7, 11) is 0. The molecule has 7 heteroatoms. The molecule has 1 heterocycles. The maximum absolute atomic E-state index is 12.5. The minimum absolute atomic E-state index is 0.0616. The fraction of sp³-hybridized carbons (Fsp3) is 0.615. The number of alkyl halides is 3. The Kier molecular flexibility index (Phi) is 5.12. The standard InChI is InChI=1S/C13H15BrF3NOS/c14-10-5-11(20-7-10)6-18-12(19)8-1-3-9(4-2-8)13(15,16)17/h5,7-9H,1-4,6H2,(H,18,19). The Balaban J connectivity index is 1.77. The molecule has 1 N–H and O–H groups in total. The molecule has 0 bridgehead atoms. The van der Waals surface area contributed by atoms with Crippen molar-refractivity contribution in [2.75, 3.05) is 0 Å².